The van der Waals surface area contributed by atoms with Crippen LogP contribution < -0.4 is 0 Å². The zero-order valence-electron chi connectivity index (χ0n) is 10.1. The molecule has 1 rings (SSSR count). The van der Waals surface area contributed by atoms with Crippen LogP contribution >= 0.6 is 11.8 Å². The first-order valence-electron chi connectivity index (χ1n) is 5.46. The van der Waals surface area contributed by atoms with E-state index >= 15 is 0 Å². The largest absolute Gasteiger partial charge is 0.478 e. The molecule has 19 heavy (non-hydrogen) atoms. The van der Waals surface area contributed by atoms with E-state index in [4.69, 9.17) is 9.84 Å². The normalized spacial score (nSPS) is 10.3. The molecule has 0 atom stereocenters. The Labute approximate surface area is 112 Å². The third kappa shape index (κ3) is 4.51. The lowest BCUT2D eigenvalue weighted by Crippen LogP contribution is -2.08. The summed E-state index contributed by atoms with van der Waals surface area (Å²) in [6.45, 7) is 2.10. The van der Waals surface area contributed by atoms with Crippen molar-refractivity contribution >= 4 is 23.7 Å². The summed E-state index contributed by atoms with van der Waals surface area (Å²) in [5.74, 6) is -4.25. The van der Waals surface area contributed by atoms with Gasteiger partial charge >= 0.3 is 11.9 Å². The summed E-state index contributed by atoms with van der Waals surface area (Å²) in [4.78, 5) is 21.8. The number of carbonyl (C=O) groups is 2. The highest BCUT2D eigenvalue weighted by Gasteiger charge is 2.16. The molecule has 0 radical (unpaired) electrons. The Balaban J connectivity index is 2.75. The highest BCUT2D eigenvalue weighted by Crippen LogP contribution is 2.25. The number of carboxylic acids is 1. The molecule has 104 valence electrons. The summed E-state index contributed by atoms with van der Waals surface area (Å²) in [6, 6.07) is 1.36. The first kappa shape index (κ1) is 15.4. The van der Waals surface area contributed by atoms with E-state index in [1.165, 1.54) is 0 Å². The van der Waals surface area contributed by atoms with Gasteiger partial charge in [0.15, 0.2) is 0 Å². The van der Waals surface area contributed by atoms with Gasteiger partial charge in [0.2, 0.25) is 0 Å². The first-order valence-corrected chi connectivity index (χ1v) is 6.45. The molecule has 1 aromatic carbocycles. The third-order valence-corrected chi connectivity index (χ3v) is 3.07. The van der Waals surface area contributed by atoms with Crippen molar-refractivity contribution in [1.29, 1.82) is 0 Å². The van der Waals surface area contributed by atoms with E-state index in [1.807, 2.05) is 6.92 Å². The molecule has 0 aliphatic heterocycles. The smallest absolute Gasteiger partial charge is 0.338 e. The average Bonchev–Trinajstić information content (AvgIpc) is 2.34. The van der Waals surface area contributed by atoms with Gasteiger partial charge in [-0.05, 0) is 12.5 Å². The van der Waals surface area contributed by atoms with Crippen molar-refractivity contribution in [3.63, 3.8) is 0 Å². The van der Waals surface area contributed by atoms with Crippen molar-refractivity contribution in [3.8, 4) is 0 Å². The van der Waals surface area contributed by atoms with Crippen LogP contribution in [-0.2, 0) is 9.53 Å². The number of carbonyl (C=O) groups excluding carboxylic acids is 1. The van der Waals surface area contributed by atoms with E-state index in [9.17, 15) is 18.4 Å². The molecule has 0 saturated heterocycles. The number of hydrogen-bond donors (Lipinski definition) is 1. The van der Waals surface area contributed by atoms with Crippen LogP contribution in [0.2, 0.25) is 0 Å². The second kappa shape index (κ2) is 7.08. The summed E-state index contributed by atoms with van der Waals surface area (Å²) >= 11 is 0.766. The second-order valence-electron chi connectivity index (χ2n) is 3.58. The zero-order valence-corrected chi connectivity index (χ0v) is 10.9. The van der Waals surface area contributed by atoms with Crippen molar-refractivity contribution in [2.45, 2.75) is 18.2 Å². The van der Waals surface area contributed by atoms with Crippen LogP contribution in [0.1, 0.15) is 23.7 Å². The summed E-state index contributed by atoms with van der Waals surface area (Å²) in [7, 11) is 0. The molecular formula is C12H12F2O4S. The number of halogens is 2. The standard InChI is InChI=1S/C12H12F2O4S/c1-2-3-18-11(15)6-19-10-4-7(12(16)17)8(13)5-9(10)14/h4-5H,2-3,6H2,1H3,(H,16,17). The van der Waals surface area contributed by atoms with Crippen LogP contribution in [0.25, 0.3) is 0 Å². The van der Waals surface area contributed by atoms with Crippen LogP contribution in [0.15, 0.2) is 17.0 Å². The third-order valence-electron chi connectivity index (χ3n) is 2.06. The Morgan fingerprint density at radius 1 is 1.32 bits per heavy atom. The van der Waals surface area contributed by atoms with Gasteiger partial charge < -0.3 is 9.84 Å². The molecule has 1 aromatic rings. The molecule has 0 amide bonds. The van der Waals surface area contributed by atoms with Gasteiger partial charge in [0.1, 0.15) is 11.6 Å². The molecule has 7 heteroatoms. The molecule has 0 aromatic heterocycles. The number of benzene rings is 1. The number of carboxylic acid groups (broad SMARTS) is 1. The van der Waals surface area contributed by atoms with Crippen LogP contribution in [0.3, 0.4) is 0 Å². The lowest BCUT2D eigenvalue weighted by atomic mass is 10.2. The molecule has 1 N–H and O–H groups in total. The van der Waals surface area contributed by atoms with Gasteiger partial charge in [0.25, 0.3) is 0 Å². The molecule has 4 nitrogen and oxygen atoms in total. The molecule has 0 aliphatic rings. The number of ether oxygens (including phenoxy) is 1. The van der Waals surface area contributed by atoms with Gasteiger partial charge in [-0.3, -0.25) is 4.79 Å². The van der Waals surface area contributed by atoms with Gasteiger partial charge in [-0.1, -0.05) is 6.92 Å². The van der Waals surface area contributed by atoms with Crippen molar-refractivity contribution in [2.75, 3.05) is 12.4 Å². The zero-order chi connectivity index (χ0) is 14.4. The summed E-state index contributed by atoms with van der Waals surface area (Å²) in [5.41, 5.74) is -0.633. The quantitative estimate of drug-likeness (QED) is 0.644. The van der Waals surface area contributed by atoms with E-state index in [0.717, 1.165) is 17.8 Å². The number of hydrogen-bond acceptors (Lipinski definition) is 4. The summed E-state index contributed by atoms with van der Waals surface area (Å²) < 4.78 is 31.3. The van der Waals surface area contributed by atoms with E-state index in [1.54, 1.807) is 0 Å². The molecule has 0 heterocycles. The van der Waals surface area contributed by atoms with E-state index in [-0.39, 0.29) is 17.3 Å². The molecular weight excluding hydrogens is 278 g/mol. The fourth-order valence-corrected chi connectivity index (χ4v) is 1.95. The monoisotopic (exact) mass is 290 g/mol. The van der Waals surface area contributed by atoms with Crippen LogP contribution in [0, 0.1) is 11.6 Å². The second-order valence-corrected chi connectivity index (χ2v) is 4.59. The fraction of sp³-hybridized carbons (Fsp3) is 0.333. The minimum absolute atomic E-state index is 0.104. The maximum absolute atomic E-state index is 13.4. The maximum Gasteiger partial charge on any atom is 0.338 e. The number of esters is 1. The van der Waals surface area contributed by atoms with Gasteiger partial charge in [-0.15, -0.1) is 11.8 Å². The topological polar surface area (TPSA) is 63.6 Å². The van der Waals surface area contributed by atoms with Crippen molar-refractivity contribution in [2.24, 2.45) is 0 Å². The summed E-state index contributed by atoms with van der Waals surface area (Å²) in [6.07, 6.45) is 0.671. The Hall–Kier alpha value is -1.63. The Morgan fingerprint density at radius 2 is 2.00 bits per heavy atom. The molecule has 0 fully saturated rings. The predicted octanol–water partition coefficient (Wildman–Crippen LogP) is 2.71. The highest BCUT2D eigenvalue weighted by atomic mass is 32.2. The van der Waals surface area contributed by atoms with Crippen molar-refractivity contribution in [1.82, 2.24) is 0 Å². The first-order chi connectivity index (χ1) is 8.95. The van der Waals surface area contributed by atoms with Crippen LogP contribution in [0.5, 0.6) is 0 Å². The van der Waals surface area contributed by atoms with Crippen LogP contribution in [-0.4, -0.2) is 29.4 Å². The molecule has 0 unspecified atom stereocenters. The number of aromatic carboxylic acids is 1. The predicted molar refractivity (Wildman–Crippen MR) is 65.3 cm³/mol. The Kier molecular flexibility index (Phi) is 5.75. The maximum atomic E-state index is 13.4. The Morgan fingerprint density at radius 3 is 2.58 bits per heavy atom. The molecule has 0 bridgehead atoms. The Bertz CT molecular complexity index is 491. The minimum atomic E-state index is -1.49. The minimum Gasteiger partial charge on any atom is -0.478 e. The van der Waals surface area contributed by atoms with Gasteiger partial charge in [-0.2, -0.15) is 0 Å². The molecule has 0 spiro atoms. The molecule has 0 saturated carbocycles. The van der Waals surface area contributed by atoms with Crippen molar-refractivity contribution in [3.05, 3.63) is 29.3 Å². The molecule has 0 aliphatic carbocycles. The van der Waals surface area contributed by atoms with Crippen LogP contribution in [0.4, 0.5) is 8.78 Å². The lowest BCUT2D eigenvalue weighted by molar-refractivity contribution is -0.140. The fourth-order valence-electron chi connectivity index (χ4n) is 1.20. The number of rotatable bonds is 6. The summed E-state index contributed by atoms with van der Waals surface area (Å²) in [5, 5.41) is 8.71. The van der Waals surface area contributed by atoms with Gasteiger partial charge in [-0.25, -0.2) is 13.6 Å². The van der Waals surface area contributed by atoms with E-state index in [0.29, 0.717) is 12.5 Å². The average molecular weight is 290 g/mol. The lowest BCUT2D eigenvalue weighted by Gasteiger charge is -2.06. The number of thioether (sulfide) groups is 1. The SMILES string of the molecule is CCCOC(=O)CSc1cc(C(=O)O)c(F)cc1F. The van der Waals surface area contributed by atoms with Gasteiger partial charge in [0, 0.05) is 11.0 Å². The highest BCUT2D eigenvalue weighted by molar-refractivity contribution is 8.00. The van der Waals surface area contributed by atoms with E-state index < -0.39 is 29.1 Å². The van der Waals surface area contributed by atoms with Crippen molar-refractivity contribution < 1.29 is 28.2 Å². The van der Waals surface area contributed by atoms with Gasteiger partial charge in [0.05, 0.1) is 17.9 Å². The van der Waals surface area contributed by atoms with E-state index in [2.05, 4.69) is 0 Å².